The fraction of sp³-hybridized carbons (Fsp3) is 0.632. The summed E-state index contributed by atoms with van der Waals surface area (Å²) in [5.74, 6) is 1.94. The highest BCUT2D eigenvalue weighted by molar-refractivity contribution is 14.0. The maximum absolute atomic E-state index is 10.8. The molecule has 0 radical (unpaired) electrons. The Kier molecular flexibility index (Phi) is 12.5. The summed E-state index contributed by atoms with van der Waals surface area (Å²) < 4.78 is 0. The van der Waals surface area contributed by atoms with Crippen molar-refractivity contribution in [3.63, 3.8) is 0 Å². The smallest absolute Gasteiger partial charge is 0.269 e. The van der Waals surface area contributed by atoms with Crippen molar-refractivity contribution in [3.8, 4) is 0 Å². The standard InChI is InChI=1S/C19H31N5O2S.HI/c1-3-23-12-4-6-18(23)15-22-19(20-11-5-13-27-2)21-14-16-7-9-17(10-8-16)24(25)26;/h7-10,18H,3-6,11-15H2,1-2H3,(H2,20,21,22);1H. The molecule has 1 heterocycles. The van der Waals surface area contributed by atoms with Crippen molar-refractivity contribution in [2.24, 2.45) is 4.99 Å². The van der Waals surface area contributed by atoms with Crippen LogP contribution in [-0.4, -0.2) is 60.0 Å². The largest absolute Gasteiger partial charge is 0.356 e. The van der Waals surface area contributed by atoms with Crippen LogP contribution in [0.1, 0.15) is 31.7 Å². The Balaban J connectivity index is 0.00000392. The van der Waals surface area contributed by atoms with Crippen molar-refractivity contribution in [1.82, 2.24) is 15.5 Å². The molecule has 1 atom stereocenters. The van der Waals surface area contributed by atoms with Crippen molar-refractivity contribution in [3.05, 3.63) is 39.9 Å². The average molecular weight is 521 g/mol. The van der Waals surface area contributed by atoms with Gasteiger partial charge in [0.25, 0.3) is 5.69 Å². The Bertz CT molecular complexity index is 615. The van der Waals surface area contributed by atoms with Crippen molar-refractivity contribution in [2.75, 3.05) is 38.2 Å². The summed E-state index contributed by atoms with van der Waals surface area (Å²) in [6.45, 7) is 6.75. The van der Waals surface area contributed by atoms with E-state index in [1.165, 1.54) is 31.5 Å². The van der Waals surface area contributed by atoms with Crippen molar-refractivity contribution in [2.45, 2.75) is 38.8 Å². The normalized spacial score (nSPS) is 17.2. The van der Waals surface area contributed by atoms with Gasteiger partial charge in [0, 0.05) is 31.3 Å². The molecule has 0 spiro atoms. The molecule has 0 bridgehead atoms. The van der Waals surface area contributed by atoms with Gasteiger partial charge in [0.1, 0.15) is 0 Å². The summed E-state index contributed by atoms with van der Waals surface area (Å²) >= 11 is 1.84. The van der Waals surface area contributed by atoms with Crippen LogP contribution in [-0.2, 0) is 6.54 Å². The van der Waals surface area contributed by atoms with Gasteiger partial charge in [-0.1, -0.05) is 19.1 Å². The van der Waals surface area contributed by atoms with Gasteiger partial charge < -0.3 is 10.6 Å². The molecule has 1 aromatic rings. The molecule has 1 aliphatic heterocycles. The zero-order chi connectivity index (χ0) is 19.5. The first-order valence-electron chi connectivity index (χ1n) is 9.62. The topological polar surface area (TPSA) is 82.8 Å². The van der Waals surface area contributed by atoms with Gasteiger partial charge in [-0.05, 0) is 49.9 Å². The third-order valence-corrected chi connectivity index (χ3v) is 5.49. The highest BCUT2D eigenvalue weighted by Crippen LogP contribution is 2.15. The number of benzene rings is 1. The lowest BCUT2D eigenvalue weighted by molar-refractivity contribution is -0.384. The van der Waals surface area contributed by atoms with Gasteiger partial charge in [-0.25, -0.2) is 4.99 Å². The number of nitrogens with one attached hydrogen (secondary N) is 2. The van der Waals surface area contributed by atoms with E-state index in [-0.39, 0.29) is 34.6 Å². The predicted octanol–water partition coefficient (Wildman–Crippen LogP) is 3.49. The Labute approximate surface area is 189 Å². The number of rotatable bonds is 10. The van der Waals surface area contributed by atoms with E-state index in [2.05, 4.69) is 33.7 Å². The second kappa shape index (κ2) is 14.0. The van der Waals surface area contributed by atoms with E-state index in [0.29, 0.717) is 12.6 Å². The lowest BCUT2D eigenvalue weighted by atomic mass is 10.2. The number of non-ortho nitro benzene ring substituents is 1. The molecule has 1 fully saturated rings. The first-order valence-corrected chi connectivity index (χ1v) is 11.0. The van der Waals surface area contributed by atoms with Gasteiger partial charge in [0.15, 0.2) is 5.96 Å². The Morgan fingerprint density at radius 2 is 2.11 bits per heavy atom. The molecule has 2 rings (SSSR count). The van der Waals surface area contributed by atoms with Crippen LogP contribution in [0.4, 0.5) is 5.69 Å². The molecular weight excluding hydrogens is 489 g/mol. The lowest BCUT2D eigenvalue weighted by Gasteiger charge is -2.24. The predicted molar refractivity (Wildman–Crippen MR) is 129 cm³/mol. The van der Waals surface area contributed by atoms with Gasteiger partial charge in [-0.3, -0.25) is 15.0 Å². The first kappa shape index (κ1) is 25.0. The van der Waals surface area contributed by atoms with Gasteiger partial charge in [0.05, 0.1) is 11.5 Å². The molecule has 1 unspecified atom stereocenters. The maximum atomic E-state index is 10.8. The van der Waals surface area contributed by atoms with Crippen LogP contribution in [0.25, 0.3) is 0 Å². The van der Waals surface area contributed by atoms with E-state index in [4.69, 9.17) is 0 Å². The van der Waals surface area contributed by atoms with E-state index in [1.54, 1.807) is 12.1 Å². The Morgan fingerprint density at radius 1 is 1.36 bits per heavy atom. The third kappa shape index (κ3) is 8.52. The number of nitrogens with zero attached hydrogens (tertiary/aromatic N) is 3. The van der Waals surface area contributed by atoms with E-state index < -0.39 is 0 Å². The molecule has 2 N–H and O–H groups in total. The van der Waals surface area contributed by atoms with Gasteiger partial charge >= 0.3 is 0 Å². The Hall–Kier alpha value is -1.07. The summed E-state index contributed by atoms with van der Waals surface area (Å²) in [6, 6.07) is 7.15. The molecule has 1 aromatic carbocycles. The molecule has 0 aromatic heterocycles. The molecule has 9 heteroatoms. The molecule has 0 amide bonds. The van der Waals surface area contributed by atoms with Gasteiger partial charge in [-0.15, -0.1) is 24.0 Å². The summed E-state index contributed by atoms with van der Waals surface area (Å²) in [4.78, 5) is 17.6. The van der Waals surface area contributed by atoms with Crippen LogP contribution in [0.5, 0.6) is 0 Å². The van der Waals surface area contributed by atoms with E-state index in [1.807, 2.05) is 11.8 Å². The molecule has 7 nitrogen and oxygen atoms in total. The summed E-state index contributed by atoms with van der Waals surface area (Å²) in [5.41, 5.74) is 1.07. The highest BCUT2D eigenvalue weighted by atomic mass is 127. The Morgan fingerprint density at radius 3 is 2.75 bits per heavy atom. The van der Waals surface area contributed by atoms with Crippen LogP contribution in [0.3, 0.4) is 0 Å². The number of likely N-dealkylation sites (tertiary alicyclic amines) is 1. The van der Waals surface area contributed by atoms with E-state index in [0.717, 1.165) is 43.3 Å². The number of aliphatic imine (C=N–C) groups is 1. The lowest BCUT2D eigenvalue weighted by Crippen LogP contribution is -2.45. The fourth-order valence-corrected chi connectivity index (χ4v) is 3.68. The monoisotopic (exact) mass is 521 g/mol. The SMILES string of the molecule is CCN1CCCC1CNC(=NCc1ccc([N+](=O)[O-])cc1)NCCCSC.I. The molecule has 1 saturated heterocycles. The molecule has 0 saturated carbocycles. The number of likely N-dealkylation sites (N-methyl/N-ethyl adjacent to an activating group) is 1. The second-order valence-electron chi connectivity index (χ2n) is 6.67. The molecule has 28 heavy (non-hydrogen) atoms. The van der Waals surface area contributed by atoms with Crippen LogP contribution < -0.4 is 10.6 Å². The zero-order valence-electron chi connectivity index (χ0n) is 16.7. The minimum absolute atomic E-state index is 0. The minimum Gasteiger partial charge on any atom is -0.356 e. The molecule has 158 valence electrons. The van der Waals surface area contributed by atoms with Crippen molar-refractivity contribution < 1.29 is 4.92 Å². The molecular formula is C19H32IN5O2S. The van der Waals surface area contributed by atoms with E-state index in [9.17, 15) is 10.1 Å². The summed E-state index contributed by atoms with van der Waals surface area (Å²) in [5, 5.41) is 17.7. The first-order chi connectivity index (χ1) is 13.1. The highest BCUT2D eigenvalue weighted by Gasteiger charge is 2.22. The number of guanidine groups is 1. The van der Waals surface area contributed by atoms with Crippen molar-refractivity contribution >= 4 is 47.4 Å². The average Bonchev–Trinajstić information content (AvgIpc) is 3.14. The summed E-state index contributed by atoms with van der Waals surface area (Å²) in [7, 11) is 0. The summed E-state index contributed by atoms with van der Waals surface area (Å²) in [6.07, 6.45) is 5.69. The van der Waals surface area contributed by atoms with E-state index >= 15 is 0 Å². The number of hydrogen-bond acceptors (Lipinski definition) is 5. The van der Waals surface area contributed by atoms with Crippen LogP contribution in [0.15, 0.2) is 29.3 Å². The quantitative estimate of drug-likeness (QED) is 0.123. The number of nitro benzene ring substituents is 1. The molecule has 0 aliphatic carbocycles. The number of thioether (sulfide) groups is 1. The second-order valence-corrected chi connectivity index (χ2v) is 7.65. The van der Waals surface area contributed by atoms with Crippen LogP contribution in [0.2, 0.25) is 0 Å². The molecule has 1 aliphatic rings. The zero-order valence-corrected chi connectivity index (χ0v) is 19.9. The fourth-order valence-electron chi connectivity index (χ4n) is 3.25. The van der Waals surface area contributed by atoms with Gasteiger partial charge in [-0.2, -0.15) is 11.8 Å². The number of nitro groups is 1. The van der Waals surface area contributed by atoms with Crippen LogP contribution in [0, 0.1) is 10.1 Å². The maximum Gasteiger partial charge on any atom is 0.269 e. The third-order valence-electron chi connectivity index (χ3n) is 4.79. The number of hydrogen-bond donors (Lipinski definition) is 2. The van der Waals surface area contributed by atoms with Crippen LogP contribution >= 0.6 is 35.7 Å². The van der Waals surface area contributed by atoms with Crippen molar-refractivity contribution in [1.29, 1.82) is 0 Å². The van der Waals surface area contributed by atoms with Gasteiger partial charge in [0.2, 0.25) is 0 Å². The number of halogens is 1. The minimum atomic E-state index is -0.381.